The van der Waals surface area contributed by atoms with Crippen molar-refractivity contribution in [2.75, 3.05) is 19.6 Å². The number of likely N-dealkylation sites (tertiary alicyclic amines) is 1. The molecule has 0 saturated carbocycles. The first-order valence-electron chi connectivity index (χ1n) is 8.99. The van der Waals surface area contributed by atoms with E-state index in [9.17, 15) is 0 Å². The third-order valence-electron chi connectivity index (χ3n) is 5.48. The number of hydrogen-bond donors (Lipinski definition) is 0. The van der Waals surface area contributed by atoms with Crippen molar-refractivity contribution in [1.29, 1.82) is 0 Å². The predicted molar refractivity (Wildman–Crippen MR) is 95.7 cm³/mol. The first-order chi connectivity index (χ1) is 12.3. The van der Waals surface area contributed by atoms with Crippen molar-refractivity contribution in [3.63, 3.8) is 0 Å². The molecular formula is C20H21N3O2. The van der Waals surface area contributed by atoms with E-state index in [1.807, 2.05) is 18.3 Å². The summed E-state index contributed by atoms with van der Waals surface area (Å²) in [6, 6.07) is 6.17. The van der Waals surface area contributed by atoms with Crippen molar-refractivity contribution < 1.29 is 9.15 Å². The Labute approximate surface area is 146 Å². The van der Waals surface area contributed by atoms with E-state index in [0.717, 1.165) is 48.3 Å². The lowest BCUT2D eigenvalue weighted by molar-refractivity contribution is 0.00781. The topological polar surface area (TPSA) is 51.4 Å². The highest BCUT2D eigenvalue weighted by atomic mass is 16.5. The zero-order valence-electron chi connectivity index (χ0n) is 14.4. The van der Waals surface area contributed by atoms with E-state index in [-0.39, 0.29) is 5.60 Å². The van der Waals surface area contributed by atoms with Crippen LogP contribution >= 0.6 is 0 Å². The van der Waals surface area contributed by atoms with Crippen molar-refractivity contribution in [1.82, 2.24) is 14.9 Å². The summed E-state index contributed by atoms with van der Waals surface area (Å²) in [7, 11) is 0. The Morgan fingerprint density at radius 3 is 3.20 bits per heavy atom. The number of piperidine rings is 1. The molecule has 1 unspecified atom stereocenters. The van der Waals surface area contributed by atoms with E-state index in [2.05, 4.69) is 27.9 Å². The molecule has 3 aromatic rings. The number of hydrogen-bond acceptors (Lipinski definition) is 5. The van der Waals surface area contributed by atoms with Gasteiger partial charge in [0, 0.05) is 47.4 Å². The summed E-state index contributed by atoms with van der Waals surface area (Å²) < 4.78 is 11.9. The van der Waals surface area contributed by atoms with Crippen LogP contribution < -0.4 is 4.74 Å². The number of fused-ring (bicyclic) bond motifs is 2. The number of likely N-dealkylation sites (N-methyl/N-ethyl adjacent to an activating group) is 1. The molecule has 2 aliphatic rings. The maximum Gasteiger partial charge on any atom is 0.226 e. The monoisotopic (exact) mass is 335 g/mol. The van der Waals surface area contributed by atoms with Crippen LogP contribution in [-0.4, -0.2) is 40.1 Å². The van der Waals surface area contributed by atoms with Crippen LogP contribution in [0.5, 0.6) is 5.88 Å². The fourth-order valence-electron chi connectivity index (χ4n) is 4.23. The highest BCUT2D eigenvalue weighted by Crippen LogP contribution is 2.41. The van der Waals surface area contributed by atoms with E-state index in [4.69, 9.17) is 9.15 Å². The van der Waals surface area contributed by atoms with Crippen LogP contribution in [-0.2, 0) is 6.42 Å². The standard InChI is InChI=1S/C20H21N3O2/c1-2-23-8-4-6-20(13-23)10-14-9-15(11-22-18(14)25-20)17-12-24-19-16(17)5-3-7-21-19/h3,5,7,9,11-12H,2,4,6,8,10,13H2,1H3. The van der Waals surface area contributed by atoms with Gasteiger partial charge < -0.3 is 9.15 Å². The van der Waals surface area contributed by atoms with Gasteiger partial charge in [-0.05, 0) is 44.1 Å². The van der Waals surface area contributed by atoms with Crippen LogP contribution in [0.1, 0.15) is 25.3 Å². The van der Waals surface area contributed by atoms with Crippen LogP contribution in [0.15, 0.2) is 41.3 Å². The van der Waals surface area contributed by atoms with Gasteiger partial charge in [-0.15, -0.1) is 0 Å². The molecular weight excluding hydrogens is 314 g/mol. The Bertz CT molecular complexity index is 936. The summed E-state index contributed by atoms with van der Waals surface area (Å²) >= 11 is 0. The quantitative estimate of drug-likeness (QED) is 0.715. The maximum absolute atomic E-state index is 6.34. The van der Waals surface area contributed by atoms with Gasteiger partial charge in [0.2, 0.25) is 11.6 Å². The van der Waals surface area contributed by atoms with Crippen LogP contribution in [0.25, 0.3) is 22.2 Å². The predicted octanol–water partition coefficient (Wildman–Crippen LogP) is 3.68. The largest absolute Gasteiger partial charge is 0.469 e. The number of pyridine rings is 2. The van der Waals surface area contributed by atoms with Gasteiger partial charge in [-0.2, -0.15) is 0 Å². The fourth-order valence-corrected chi connectivity index (χ4v) is 4.23. The molecule has 128 valence electrons. The zero-order chi connectivity index (χ0) is 16.9. The van der Waals surface area contributed by atoms with Gasteiger partial charge in [0.05, 0.1) is 0 Å². The number of ether oxygens (including phenoxy) is 1. The molecule has 5 rings (SSSR count). The number of rotatable bonds is 2. The minimum atomic E-state index is -0.0950. The molecule has 0 radical (unpaired) electrons. The van der Waals surface area contributed by atoms with Crippen molar-refractivity contribution >= 4 is 11.1 Å². The molecule has 5 heteroatoms. The summed E-state index contributed by atoms with van der Waals surface area (Å²) in [6.45, 7) is 5.46. The Morgan fingerprint density at radius 1 is 1.32 bits per heavy atom. The molecule has 2 aliphatic heterocycles. The smallest absolute Gasteiger partial charge is 0.226 e. The number of nitrogens with zero attached hydrogens (tertiary/aromatic N) is 3. The summed E-state index contributed by atoms with van der Waals surface area (Å²) in [5.41, 5.74) is 3.88. The number of furan rings is 1. The summed E-state index contributed by atoms with van der Waals surface area (Å²) in [6.07, 6.45) is 8.63. The maximum atomic E-state index is 6.34. The van der Waals surface area contributed by atoms with E-state index in [1.54, 1.807) is 12.5 Å². The van der Waals surface area contributed by atoms with E-state index in [0.29, 0.717) is 5.71 Å². The molecule has 0 bridgehead atoms. The molecule has 0 aliphatic carbocycles. The second kappa shape index (κ2) is 5.56. The minimum Gasteiger partial charge on any atom is -0.469 e. The third kappa shape index (κ3) is 2.42. The molecule has 25 heavy (non-hydrogen) atoms. The van der Waals surface area contributed by atoms with Crippen LogP contribution in [0, 0.1) is 0 Å². The summed E-state index contributed by atoms with van der Waals surface area (Å²) in [4.78, 5) is 11.4. The SMILES string of the molecule is CCN1CCCC2(Cc3cc(-c4coc5ncccc45)cnc3O2)C1. The zero-order valence-corrected chi connectivity index (χ0v) is 14.4. The molecule has 0 amide bonds. The number of aromatic nitrogens is 2. The van der Waals surface area contributed by atoms with Crippen molar-refractivity contribution in [2.24, 2.45) is 0 Å². The van der Waals surface area contributed by atoms with Crippen LogP contribution in [0.2, 0.25) is 0 Å². The van der Waals surface area contributed by atoms with E-state index < -0.39 is 0 Å². The Balaban J connectivity index is 1.49. The van der Waals surface area contributed by atoms with Gasteiger partial charge in [-0.25, -0.2) is 9.97 Å². The highest BCUT2D eigenvalue weighted by molar-refractivity contribution is 5.91. The Kier molecular flexibility index (Phi) is 3.31. The van der Waals surface area contributed by atoms with Crippen molar-refractivity contribution in [3.8, 4) is 17.0 Å². The Morgan fingerprint density at radius 2 is 2.28 bits per heavy atom. The van der Waals surface area contributed by atoms with Crippen molar-refractivity contribution in [3.05, 3.63) is 42.4 Å². The lowest BCUT2D eigenvalue weighted by Gasteiger charge is -2.38. The minimum absolute atomic E-state index is 0.0950. The summed E-state index contributed by atoms with van der Waals surface area (Å²) in [5.74, 6) is 0.799. The highest BCUT2D eigenvalue weighted by Gasteiger charge is 2.43. The molecule has 1 spiro atoms. The lowest BCUT2D eigenvalue weighted by atomic mass is 9.88. The molecule has 0 N–H and O–H groups in total. The molecule has 5 heterocycles. The van der Waals surface area contributed by atoms with Gasteiger partial charge >= 0.3 is 0 Å². The van der Waals surface area contributed by atoms with Crippen LogP contribution in [0.4, 0.5) is 0 Å². The normalized spacial score (nSPS) is 23.1. The average Bonchev–Trinajstić information content (AvgIpc) is 3.21. The third-order valence-corrected chi connectivity index (χ3v) is 5.48. The second-order valence-corrected chi connectivity index (χ2v) is 7.13. The summed E-state index contributed by atoms with van der Waals surface area (Å²) in [5, 5.41) is 1.02. The molecule has 1 saturated heterocycles. The molecule has 5 nitrogen and oxygen atoms in total. The van der Waals surface area contributed by atoms with Gasteiger partial charge in [-0.1, -0.05) is 6.92 Å². The van der Waals surface area contributed by atoms with E-state index in [1.165, 1.54) is 18.5 Å². The average molecular weight is 335 g/mol. The molecule has 3 aromatic heterocycles. The van der Waals surface area contributed by atoms with Crippen molar-refractivity contribution in [2.45, 2.75) is 31.8 Å². The second-order valence-electron chi connectivity index (χ2n) is 7.13. The first-order valence-corrected chi connectivity index (χ1v) is 8.99. The molecule has 0 aromatic carbocycles. The van der Waals surface area contributed by atoms with Gasteiger partial charge in [0.25, 0.3) is 0 Å². The van der Waals surface area contributed by atoms with Gasteiger partial charge in [0.1, 0.15) is 11.9 Å². The molecule has 1 fully saturated rings. The van der Waals surface area contributed by atoms with Gasteiger partial charge in [0.15, 0.2) is 0 Å². The van der Waals surface area contributed by atoms with Gasteiger partial charge in [-0.3, -0.25) is 4.90 Å². The lowest BCUT2D eigenvalue weighted by Crippen LogP contribution is -2.51. The van der Waals surface area contributed by atoms with E-state index >= 15 is 0 Å². The Hall–Kier alpha value is -2.40. The first kappa shape index (κ1) is 14.9. The molecule has 1 atom stereocenters. The fraction of sp³-hybridized carbons (Fsp3) is 0.400. The van der Waals surface area contributed by atoms with Crippen LogP contribution in [0.3, 0.4) is 0 Å².